The van der Waals surface area contributed by atoms with E-state index < -0.39 is 11.9 Å². The SMILES string of the molecule is CCn1c2c(c3cc(-c4nc5c(C)c(C(=O)OC)ccc5n4CCOC)ccc31)CC(F)(F)CC2. The highest BCUT2D eigenvalue weighted by molar-refractivity contribution is 5.98. The van der Waals surface area contributed by atoms with Crippen LogP contribution in [0, 0.1) is 6.92 Å². The number of rotatable bonds is 6. The second-order valence-corrected chi connectivity index (χ2v) is 9.11. The molecule has 4 aromatic rings. The monoisotopic (exact) mass is 481 g/mol. The number of fused-ring (bicyclic) bond motifs is 4. The molecule has 0 unspecified atom stereocenters. The summed E-state index contributed by atoms with van der Waals surface area (Å²) >= 11 is 0. The van der Waals surface area contributed by atoms with Gasteiger partial charge in [0.05, 0.1) is 30.3 Å². The zero-order valence-electron chi connectivity index (χ0n) is 20.5. The van der Waals surface area contributed by atoms with Crippen LogP contribution >= 0.6 is 0 Å². The van der Waals surface area contributed by atoms with Crippen LogP contribution in [0.2, 0.25) is 0 Å². The predicted octanol–water partition coefficient (Wildman–Crippen LogP) is 5.54. The van der Waals surface area contributed by atoms with Crippen molar-refractivity contribution in [1.29, 1.82) is 0 Å². The number of aromatic nitrogens is 3. The van der Waals surface area contributed by atoms with Crippen LogP contribution in [0.25, 0.3) is 33.3 Å². The van der Waals surface area contributed by atoms with Crippen LogP contribution in [0.5, 0.6) is 0 Å². The summed E-state index contributed by atoms with van der Waals surface area (Å²) in [5, 5.41) is 0.857. The standard InChI is InChI=1S/C27H29F2N3O3/c1-5-31-21-8-6-17(14-19(21)20-15-27(28,29)11-10-22(20)31)25-30-24-16(2)18(26(33)35-4)7-9-23(24)32(25)12-13-34-3/h6-9,14H,5,10-13,15H2,1-4H3. The molecule has 5 rings (SSSR count). The molecule has 1 aliphatic carbocycles. The topological polar surface area (TPSA) is 58.3 Å². The molecule has 0 spiro atoms. The Morgan fingerprint density at radius 3 is 2.63 bits per heavy atom. The molecule has 0 bridgehead atoms. The van der Waals surface area contributed by atoms with Crippen molar-refractivity contribution in [3.05, 3.63) is 52.7 Å². The van der Waals surface area contributed by atoms with Gasteiger partial charge in [-0.1, -0.05) is 0 Å². The van der Waals surface area contributed by atoms with Gasteiger partial charge in [-0.25, -0.2) is 18.6 Å². The van der Waals surface area contributed by atoms with Crippen LogP contribution in [0.15, 0.2) is 30.3 Å². The van der Waals surface area contributed by atoms with Crippen molar-refractivity contribution in [3.63, 3.8) is 0 Å². The van der Waals surface area contributed by atoms with Gasteiger partial charge in [-0.2, -0.15) is 0 Å². The summed E-state index contributed by atoms with van der Waals surface area (Å²) in [5.74, 6) is -2.39. The molecule has 184 valence electrons. The Hall–Kier alpha value is -3.26. The number of aryl methyl sites for hydroxylation is 2. The minimum Gasteiger partial charge on any atom is -0.465 e. The van der Waals surface area contributed by atoms with Crippen LogP contribution in [-0.2, 0) is 35.4 Å². The maximum Gasteiger partial charge on any atom is 0.338 e. The average molecular weight is 482 g/mol. The van der Waals surface area contributed by atoms with Gasteiger partial charge in [0.15, 0.2) is 0 Å². The molecule has 0 radical (unpaired) electrons. The van der Waals surface area contributed by atoms with Crippen molar-refractivity contribution in [2.24, 2.45) is 0 Å². The van der Waals surface area contributed by atoms with Gasteiger partial charge in [-0.05, 0) is 61.7 Å². The van der Waals surface area contributed by atoms with Crippen LogP contribution in [-0.4, -0.2) is 46.8 Å². The predicted molar refractivity (Wildman–Crippen MR) is 131 cm³/mol. The molecule has 0 aliphatic heterocycles. The number of hydrogen-bond acceptors (Lipinski definition) is 4. The average Bonchev–Trinajstić information content (AvgIpc) is 3.37. The van der Waals surface area contributed by atoms with Crippen molar-refractivity contribution in [1.82, 2.24) is 14.1 Å². The van der Waals surface area contributed by atoms with E-state index in [2.05, 4.69) is 9.13 Å². The van der Waals surface area contributed by atoms with E-state index in [1.165, 1.54) is 7.11 Å². The van der Waals surface area contributed by atoms with Crippen molar-refractivity contribution in [2.45, 2.75) is 52.1 Å². The molecule has 0 atom stereocenters. The first-order valence-electron chi connectivity index (χ1n) is 11.9. The summed E-state index contributed by atoms with van der Waals surface area (Å²) < 4.78 is 43.3. The van der Waals surface area contributed by atoms with Gasteiger partial charge in [-0.3, -0.25) is 0 Å². The number of imidazole rings is 1. The Bertz CT molecular complexity index is 1450. The number of halogens is 2. The first kappa shape index (κ1) is 23.5. The van der Waals surface area contributed by atoms with Gasteiger partial charge in [0.1, 0.15) is 5.82 Å². The molecule has 35 heavy (non-hydrogen) atoms. The molecule has 8 heteroatoms. The van der Waals surface area contributed by atoms with Gasteiger partial charge in [-0.15, -0.1) is 0 Å². The van der Waals surface area contributed by atoms with E-state index in [9.17, 15) is 13.6 Å². The fraction of sp³-hybridized carbons (Fsp3) is 0.407. The Kier molecular flexibility index (Phi) is 5.87. The first-order chi connectivity index (χ1) is 16.8. The summed E-state index contributed by atoms with van der Waals surface area (Å²) in [4.78, 5) is 17.2. The van der Waals surface area contributed by atoms with Crippen molar-refractivity contribution in [3.8, 4) is 11.4 Å². The van der Waals surface area contributed by atoms with E-state index in [0.717, 1.165) is 45.3 Å². The maximum absolute atomic E-state index is 14.4. The zero-order valence-corrected chi connectivity index (χ0v) is 20.5. The minimum atomic E-state index is -2.69. The van der Waals surface area contributed by atoms with Crippen LogP contribution in [0.1, 0.15) is 40.5 Å². The summed E-state index contributed by atoms with van der Waals surface area (Å²) in [6.07, 6.45) is 0.0246. The lowest BCUT2D eigenvalue weighted by atomic mass is 9.92. The quantitative estimate of drug-likeness (QED) is 0.339. The number of carbonyl (C=O) groups excluding carboxylic acids is 1. The Balaban J connectivity index is 1.73. The summed E-state index contributed by atoms with van der Waals surface area (Å²) in [6, 6.07) is 9.62. The molecule has 0 amide bonds. The van der Waals surface area contributed by atoms with Crippen molar-refractivity contribution in [2.75, 3.05) is 20.8 Å². The van der Waals surface area contributed by atoms with E-state index in [-0.39, 0.29) is 12.8 Å². The van der Waals surface area contributed by atoms with Gasteiger partial charge < -0.3 is 18.6 Å². The summed E-state index contributed by atoms with van der Waals surface area (Å²) in [5.41, 5.74) is 6.36. The van der Waals surface area contributed by atoms with E-state index in [1.807, 2.05) is 38.1 Å². The molecule has 2 aromatic heterocycles. The highest BCUT2D eigenvalue weighted by Gasteiger charge is 2.37. The molecule has 2 heterocycles. The van der Waals surface area contributed by atoms with Gasteiger partial charge >= 0.3 is 5.97 Å². The van der Waals surface area contributed by atoms with Crippen molar-refractivity contribution >= 4 is 27.9 Å². The second kappa shape index (κ2) is 8.75. The fourth-order valence-corrected chi connectivity index (χ4v) is 5.39. The van der Waals surface area contributed by atoms with Gasteiger partial charge in [0, 0.05) is 55.2 Å². The second-order valence-electron chi connectivity index (χ2n) is 9.11. The number of nitrogens with zero attached hydrogens (tertiary/aromatic N) is 3. The number of ether oxygens (including phenoxy) is 2. The Morgan fingerprint density at radius 2 is 1.91 bits per heavy atom. The molecule has 6 nitrogen and oxygen atoms in total. The number of alkyl halides is 2. The van der Waals surface area contributed by atoms with Crippen LogP contribution < -0.4 is 0 Å². The third kappa shape index (κ3) is 3.80. The summed E-state index contributed by atoms with van der Waals surface area (Å²) in [7, 11) is 3.00. The molecule has 0 fully saturated rings. The third-order valence-corrected chi connectivity index (χ3v) is 7.12. The van der Waals surface area contributed by atoms with Crippen LogP contribution in [0.4, 0.5) is 8.78 Å². The minimum absolute atomic E-state index is 0.113. The third-order valence-electron chi connectivity index (χ3n) is 7.12. The fourth-order valence-electron chi connectivity index (χ4n) is 5.39. The van der Waals surface area contributed by atoms with E-state index in [0.29, 0.717) is 36.5 Å². The number of benzene rings is 2. The van der Waals surface area contributed by atoms with E-state index >= 15 is 0 Å². The lowest BCUT2D eigenvalue weighted by molar-refractivity contribution is -0.0125. The first-order valence-corrected chi connectivity index (χ1v) is 11.9. The molecule has 2 aromatic carbocycles. The highest BCUT2D eigenvalue weighted by atomic mass is 19.3. The molecular weight excluding hydrogens is 452 g/mol. The van der Waals surface area contributed by atoms with Gasteiger partial charge in [0.25, 0.3) is 5.92 Å². The number of carbonyl (C=O) groups is 1. The Morgan fingerprint density at radius 1 is 1.14 bits per heavy atom. The smallest absolute Gasteiger partial charge is 0.338 e. The number of hydrogen-bond donors (Lipinski definition) is 0. The lowest BCUT2D eigenvalue weighted by Gasteiger charge is -2.23. The zero-order chi connectivity index (χ0) is 24.9. The summed E-state index contributed by atoms with van der Waals surface area (Å²) in [6.45, 7) is 5.68. The van der Waals surface area contributed by atoms with Gasteiger partial charge in [0.2, 0.25) is 0 Å². The molecular formula is C27H29F2N3O3. The highest BCUT2D eigenvalue weighted by Crippen LogP contribution is 2.40. The Labute approximate surface area is 202 Å². The van der Waals surface area contributed by atoms with Crippen molar-refractivity contribution < 1.29 is 23.0 Å². The van der Waals surface area contributed by atoms with E-state index in [1.54, 1.807) is 13.2 Å². The lowest BCUT2D eigenvalue weighted by Crippen LogP contribution is -2.26. The normalized spacial score (nSPS) is 15.0. The number of esters is 1. The molecule has 0 N–H and O–H groups in total. The molecule has 1 aliphatic rings. The van der Waals surface area contributed by atoms with E-state index in [4.69, 9.17) is 14.5 Å². The number of methoxy groups -OCH3 is 2. The van der Waals surface area contributed by atoms with Crippen LogP contribution in [0.3, 0.4) is 0 Å². The largest absolute Gasteiger partial charge is 0.465 e. The maximum atomic E-state index is 14.4. The molecule has 0 saturated heterocycles. The molecule has 0 saturated carbocycles.